The van der Waals surface area contributed by atoms with Crippen LogP contribution in [0, 0.1) is 0 Å². The van der Waals surface area contributed by atoms with E-state index in [0.29, 0.717) is 25.5 Å². The van der Waals surface area contributed by atoms with Crippen LogP contribution >= 0.6 is 0 Å². The number of carbonyl (C=O) groups excluding carboxylic acids is 1. The summed E-state index contributed by atoms with van der Waals surface area (Å²) in [6.07, 6.45) is 5.98. The second-order valence-corrected chi connectivity index (χ2v) is 5.15. The number of aromatic amines is 1. The van der Waals surface area contributed by atoms with Crippen LogP contribution in [0.2, 0.25) is 0 Å². The molecular formula is C16H19N5O2. The zero-order chi connectivity index (χ0) is 16.2. The largest absolute Gasteiger partial charge is 0.382 e. The van der Waals surface area contributed by atoms with E-state index in [1.54, 1.807) is 18.5 Å². The molecule has 0 atom stereocenters. The van der Waals surface area contributed by atoms with Crippen LogP contribution in [0.4, 0.5) is 0 Å². The van der Waals surface area contributed by atoms with Crippen molar-refractivity contribution in [3.8, 4) is 0 Å². The summed E-state index contributed by atoms with van der Waals surface area (Å²) in [7, 11) is 0. The lowest BCUT2D eigenvalue weighted by atomic mass is 10.2. The maximum Gasteiger partial charge on any atom is 0.279 e. The molecule has 7 heteroatoms. The van der Waals surface area contributed by atoms with Crippen LogP contribution < -0.4 is 5.73 Å². The Kier molecular flexibility index (Phi) is 4.38. The quantitative estimate of drug-likeness (QED) is 0.623. The standard InChI is InChI=1S/C16H19N5O2/c1-2-23-8-4-7-21-15(22)13(20-16(21)17)9-11-10-19-14-12(11)5-3-6-18-14/h3,5-6,9-10H,2,4,7-8H2,1H3,(H2,17,20)(H,18,19). The molecule has 3 N–H and O–H groups in total. The lowest BCUT2D eigenvalue weighted by Crippen LogP contribution is -2.38. The van der Waals surface area contributed by atoms with Crippen LogP contribution in [0.25, 0.3) is 17.1 Å². The van der Waals surface area contributed by atoms with Gasteiger partial charge in [-0.15, -0.1) is 0 Å². The third-order valence-electron chi connectivity index (χ3n) is 3.63. The Hall–Kier alpha value is -2.67. The second-order valence-electron chi connectivity index (χ2n) is 5.15. The number of ether oxygens (including phenoxy) is 1. The van der Waals surface area contributed by atoms with Crippen LogP contribution in [0.1, 0.15) is 18.9 Å². The van der Waals surface area contributed by atoms with Gasteiger partial charge in [0.25, 0.3) is 5.91 Å². The molecule has 0 unspecified atom stereocenters. The van der Waals surface area contributed by atoms with Crippen molar-refractivity contribution >= 4 is 29.0 Å². The average molecular weight is 313 g/mol. The summed E-state index contributed by atoms with van der Waals surface area (Å²) in [5.41, 5.74) is 7.84. The van der Waals surface area contributed by atoms with Gasteiger partial charge in [0.2, 0.25) is 5.96 Å². The summed E-state index contributed by atoms with van der Waals surface area (Å²) >= 11 is 0. The molecule has 0 radical (unpaired) electrons. The summed E-state index contributed by atoms with van der Waals surface area (Å²) in [5, 5.41) is 0.941. The Labute approximate surface area is 133 Å². The molecule has 1 aliphatic rings. The Morgan fingerprint density at radius 1 is 1.48 bits per heavy atom. The Bertz CT molecular complexity index is 778. The van der Waals surface area contributed by atoms with Crippen molar-refractivity contribution < 1.29 is 9.53 Å². The highest BCUT2D eigenvalue weighted by Gasteiger charge is 2.28. The first-order valence-electron chi connectivity index (χ1n) is 7.58. The smallest absolute Gasteiger partial charge is 0.279 e. The molecule has 0 spiro atoms. The Morgan fingerprint density at radius 2 is 2.35 bits per heavy atom. The first-order chi connectivity index (χ1) is 11.2. The summed E-state index contributed by atoms with van der Waals surface area (Å²) in [4.78, 5) is 25.4. The van der Waals surface area contributed by atoms with Gasteiger partial charge in [-0.2, -0.15) is 0 Å². The van der Waals surface area contributed by atoms with Crippen molar-refractivity contribution in [3.05, 3.63) is 35.8 Å². The minimum absolute atomic E-state index is 0.183. The number of aliphatic imine (C=N–C) groups is 1. The summed E-state index contributed by atoms with van der Waals surface area (Å²) < 4.78 is 5.28. The normalized spacial score (nSPS) is 16.6. The number of nitrogens with one attached hydrogen (secondary N) is 1. The molecule has 7 nitrogen and oxygen atoms in total. The molecule has 0 saturated heterocycles. The molecule has 120 valence electrons. The van der Waals surface area contributed by atoms with Gasteiger partial charge in [-0.25, -0.2) is 9.98 Å². The number of hydrogen-bond donors (Lipinski definition) is 2. The van der Waals surface area contributed by atoms with E-state index >= 15 is 0 Å². The first-order valence-corrected chi connectivity index (χ1v) is 7.58. The van der Waals surface area contributed by atoms with Crippen LogP contribution in [0.15, 0.2) is 35.2 Å². The zero-order valence-corrected chi connectivity index (χ0v) is 13.0. The van der Waals surface area contributed by atoms with Gasteiger partial charge in [0.1, 0.15) is 11.3 Å². The lowest BCUT2D eigenvalue weighted by Gasteiger charge is -2.14. The van der Waals surface area contributed by atoms with Gasteiger partial charge in [-0.1, -0.05) is 0 Å². The predicted molar refractivity (Wildman–Crippen MR) is 88.5 cm³/mol. The SMILES string of the molecule is CCOCCCN1C(=O)C(=Cc2c[nH]c3ncccc23)N=C1N. The van der Waals surface area contributed by atoms with Crippen molar-refractivity contribution in [1.82, 2.24) is 14.9 Å². The summed E-state index contributed by atoms with van der Waals surface area (Å²) in [6, 6.07) is 3.80. The summed E-state index contributed by atoms with van der Waals surface area (Å²) in [5.74, 6) is 0.0490. The number of pyridine rings is 1. The molecule has 2 aromatic heterocycles. The number of rotatable bonds is 6. The molecule has 0 saturated carbocycles. The molecule has 0 aromatic carbocycles. The number of H-pyrrole nitrogens is 1. The third kappa shape index (κ3) is 3.09. The fourth-order valence-corrected chi connectivity index (χ4v) is 2.50. The number of guanidine groups is 1. The van der Waals surface area contributed by atoms with Crippen molar-refractivity contribution in [2.24, 2.45) is 10.7 Å². The van der Waals surface area contributed by atoms with Gasteiger partial charge < -0.3 is 15.5 Å². The molecule has 3 heterocycles. The Balaban J connectivity index is 1.77. The molecule has 1 amide bonds. The van der Waals surface area contributed by atoms with Crippen molar-refractivity contribution in [2.75, 3.05) is 19.8 Å². The van der Waals surface area contributed by atoms with E-state index in [4.69, 9.17) is 10.5 Å². The van der Waals surface area contributed by atoms with E-state index in [-0.39, 0.29) is 11.9 Å². The maximum absolute atomic E-state index is 12.4. The van der Waals surface area contributed by atoms with E-state index in [9.17, 15) is 4.79 Å². The van der Waals surface area contributed by atoms with Crippen molar-refractivity contribution in [2.45, 2.75) is 13.3 Å². The maximum atomic E-state index is 12.4. The number of carbonyl (C=O) groups is 1. The molecule has 0 fully saturated rings. The number of aromatic nitrogens is 2. The van der Waals surface area contributed by atoms with Crippen LogP contribution in [0.3, 0.4) is 0 Å². The second kappa shape index (κ2) is 6.62. The minimum atomic E-state index is -0.183. The number of hydrogen-bond acceptors (Lipinski definition) is 5. The monoisotopic (exact) mass is 313 g/mol. The van der Waals surface area contributed by atoms with E-state index in [1.807, 2.05) is 19.1 Å². The molecule has 1 aliphatic heterocycles. The zero-order valence-electron chi connectivity index (χ0n) is 13.0. The lowest BCUT2D eigenvalue weighted by molar-refractivity contribution is -0.122. The molecule has 0 bridgehead atoms. The minimum Gasteiger partial charge on any atom is -0.382 e. The predicted octanol–water partition coefficient (Wildman–Crippen LogP) is 1.49. The highest BCUT2D eigenvalue weighted by Crippen LogP contribution is 2.22. The van der Waals surface area contributed by atoms with Crippen LogP contribution in [0.5, 0.6) is 0 Å². The number of nitrogens with zero attached hydrogens (tertiary/aromatic N) is 3. The van der Waals surface area contributed by atoms with Gasteiger partial charge in [0, 0.05) is 43.1 Å². The molecule has 3 rings (SSSR count). The van der Waals surface area contributed by atoms with E-state index in [0.717, 1.165) is 23.0 Å². The molecular weight excluding hydrogens is 294 g/mol. The molecule has 23 heavy (non-hydrogen) atoms. The fourth-order valence-electron chi connectivity index (χ4n) is 2.50. The highest BCUT2D eigenvalue weighted by molar-refractivity contribution is 6.13. The fraction of sp³-hybridized carbons (Fsp3) is 0.312. The van der Waals surface area contributed by atoms with Gasteiger partial charge in [0.15, 0.2) is 0 Å². The van der Waals surface area contributed by atoms with E-state index in [1.165, 1.54) is 4.90 Å². The molecule has 2 aromatic rings. The van der Waals surface area contributed by atoms with Gasteiger partial charge in [0.05, 0.1) is 0 Å². The van der Waals surface area contributed by atoms with Gasteiger partial charge in [-0.05, 0) is 31.6 Å². The highest BCUT2D eigenvalue weighted by atomic mass is 16.5. The number of amides is 1. The van der Waals surface area contributed by atoms with Crippen molar-refractivity contribution in [1.29, 1.82) is 0 Å². The van der Waals surface area contributed by atoms with E-state index < -0.39 is 0 Å². The van der Waals surface area contributed by atoms with Gasteiger partial charge in [-0.3, -0.25) is 9.69 Å². The number of nitrogens with two attached hydrogens (primary N) is 1. The molecule has 0 aliphatic carbocycles. The topological polar surface area (TPSA) is 96.6 Å². The van der Waals surface area contributed by atoms with E-state index in [2.05, 4.69) is 15.0 Å². The number of fused-ring (bicyclic) bond motifs is 1. The van der Waals surface area contributed by atoms with Crippen LogP contribution in [-0.4, -0.2) is 46.5 Å². The summed E-state index contributed by atoms with van der Waals surface area (Å²) in [6.45, 7) is 3.70. The van der Waals surface area contributed by atoms with Crippen LogP contribution in [-0.2, 0) is 9.53 Å². The van der Waals surface area contributed by atoms with Gasteiger partial charge >= 0.3 is 0 Å². The van der Waals surface area contributed by atoms with Crippen molar-refractivity contribution in [3.63, 3.8) is 0 Å². The average Bonchev–Trinajstić information content (AvgIpc) is 3.08. The first kappa shape index (κ1) is 15.2. The third-order valence-corrected chi connectivity index (χ3v) is 3.63. The Morgan fingerprint density at radius 3 is 3.17 bits per heavy atom.